The van der Waals surface area contributed by atoms with Crippen molar-refractivity contribution >= 4 is 17.7 Å². The number of amides is 1. The number of nitrogens with zero attached hydrogens (tertiary/aromatic N) is 2. The van der Waals surface area contributed by atoms with E-state index in [9.17, 15) is 14.0 Å². The predicted octanol–water partition coefficient (Wildman–Crippen LogP) is 2.95. The second-order valence-corrected chi connectivity index (χ2v) is 5.71. The minimum Gasteiger partial charge on any atom is -0.478 e. The van der Waals surface area contributed by atoms with Crippen LogP contribution < -0.4 is 5.32 Å². The van der Waals surface area contributed by atoms with E-state index in [0.717, 1.165) is 5.56 Å². The maximum Gasteiger partial charge on any atom is 0.335 e. The Kier molecular flexibility index (Phi) is 5.07. The van der Waals surface area contributed by atoms with Crippen molar-refractivity contribution in [3.05, 3.63) is 83.3 Å². The number of nitrogens with one attached hydrogen (secondary N) is 1. The molecule has 2 aromatic carbocycles. The highest BCUT2D eigenvalue weighted by Crippen LogP contribution is 2.12. The Morgan fingerprint density at radius 1 is 1.08 bits per heavy atom. The molecule has 1 amide bonds. The van der Waals surface area contributed by atoms with Crippen LogP contribution >= 0.6 is 0 Å². The Bertz CT molecular complexity index is 935. The van der Waals surface area contributed by atoms with Crippen LogP contribution in [0, 0.1) is 5.82 Å². The highest BCUT2D eigenvalue weighted by molar-refractivity contribution is 5.95. The number of hydrogen-bond acceptors (Lipinski definition) is 3. The fraction of sp³-hybridized carbons (Fsp3) is 0.105. The van der Waals surface area contributed by atoms with Gasteiger partial charge in [-0.2, -0.15) is 5.10 Å². The van der Waals surface area contributed by atoms with Crippen LogP contribution in [0.15, 0.2) is 60.8 Å². The van der Waals surface area contributed by atoms with Crippen LogP contribution in [-0.4, -0.2) is 26.8 Å². The van der Waals surface area contributed by atoms with E-state index in [-0.39, 0.29) is 23.7 Å². The van der Waals surface area contributed by atoms with Gasteiger partial charge in [0.05, 0.1) is 18.5 Å². The van der Waals surface area contributed by atoms with Crippen molar-refractivity contribution in [2.75, 3.05) is 5.32 Å². The van der Waals surface area contributed by atoms with Crippen molar-refractivity contribution in [1.29, 1.82) is 0 Å². The molecule has 1 aromatic heterocycles. The van der Waals surface area contributed by atoms with Gasteiger partial charge >= 0.3 is 5.97 Å². The minimum atomic E-state index is -1.07. The molecule has 0 radical (unpaired) electrons. The largest absolute Gasteiger partial charge is 0.478 e. The summed E-state index contributed by atoms with van der Waals surface area (Å²) >= 11 is 0. The molecule has 0 aliphatic rings. The van der Waals surface area contributed by atoms with Crippen molar-refractivity contribution < 1.29 is 19.1 Å². The van der Waals surface area contributed by atoms with Gasteiger partial charge in [0, 0.05) is 12.3 Å². The number of carboxylic acid groups (broad SMARTS) is 1. The second kappa shape index (κ2) is 7.60. The smallest absolute Gasteiger partial charge is 0.335 e. The number of benzene rings is 2. The third-order valence-corrected chi connectivity index (χ3v) is 3.76. The Morgan fingerprint density at radius 2 is 1.81 bits per heavy atom. The van der Waals surface area contributed by atoms with E-state index >= 15 is 0 Å². The van der Waals surface area contributed by atoms with Gasteiger partial charge in [-0.1, -0.05) is 30.3 Å². The summed E-state index contributed by atoms with van der Waals surface area (Å²) in [4.78, 5) is 23.4. The number of rotatable bonds is 6. The van der Waals surface area contributed by atoms with Crippen molar-refractivity contribution in [3.63, 3.8) is 0 Å². The van der Waals surface area contributed by atoms with Crippen LogP contribution in [0.3, 0.4) is 0 Å². The lowest BCUT2D eigenvalue weighted by Crippen LogP contribution is -2.17. The van der Waals surface area contributed by atoms with Gasteiger partial charge in [-0.3, -0.25) is 9.48 Å². The summed E-state index contributed by atoms with van der Waals surface area (Å²) in [5.74, 6) is -1.36. The molecule has 0 aliphatic heterocycles. The van der Waals surface area contributed by atoms with E-state index < -0.39 is 5.97 Å². The molecule has 0 bridgehead atoms. The van der Waals surface area contributed by atoms with E-state index in [0.29, 0.717) is 17.9 Å². The molecule has 0 spiro atoms. The molecule has 0 saturated carbocycles. The molecule has 1 heterocycles. The summed E-state index contributed by atoms with van der Waals surface area (Å²) in [6.07, 6.45) is 1.64. The van der Waals surface area contributed by atoms with Crippen molar-refractivity contribution in [1.82, 2.24) is 9.78 Å². The molecule has 0 fully saturated rings. The standard InChI is InChI=1S/C19H16FN3O3/c20-15-7-5-13(6-8-15)12-23-10-9-17(22-23)21-18(24)11-14-3-1-2-4-16(14)19(25)26/h1-10H,11-12H2,(H,25,26)(H,21,22,24). The number of hydrogen-bond donors (Lipinski definition) is 2. The second-order valence-electron chi connectivity index (χ2n) is 5.71. The van der Waals surface area contributed by atoms with Crippen molar-refractivity contribution in [2.24, 2.45) is 0 Å². The molecule has 0 aliphatic carbocycles. The fourth-order valence-corrected chi connectivity index (χ4v) is 2.54. The van der Waals surface area contributed by atoms with Gasteiger partial charge in [0.25, 0.3) is 0 Å². The summed E-state index contributed by atoms with van der Waals surface area (Å²) in [6, 6.07) is 14.1. The van der Waals surface area contributed by atoms with E-state index in [2.05, 4.69) is 10.4 Å². The molecule has 0 atom stereocenters. The van der Waals surface area contributed by atoms with Crippen molar-refractivity contribution in [3.8, 4) is 0 Å². The Morgan fingerprint density at radius 3 is 2.54 bits per heavy atom. The third kappa shape index (κ3) is 4.32. The Balaban J connectivity index is 1.63. The van der Waals surface area contributed by atoms with Crippen LogP contribution in [0.2, 0.25) is 0 Å². The molecule has 0 saturated heterocycles. The molecule has 2 N–H and O–H groups in total. The van der Waals surface area contributed by atoms with E-state index in [1.807, 2.05) is 0 Å². The maximum atomic E-state index is 12.9. The number of aromatic nitrogens is 2. The number of carboxylic acids is 1. The summed E-state index contributed by atoms with van der Waals surface area (Å²) in [5, 5.41) is 16.0. The molecule has 3 rings (SSSR count). The van der Waals surface area contributed by atoms with Crippen molar-refractivity contribution in [2.45, 2.75) is 13.0 Å². The van der Waals surface area contributed by atoms with Gasteiger partial charge in [-0.25, -0.2) is 9.18 Å². The van der Waals surface area contributed by atoms with Gasteiger partial charge in [0.15, 0.2) is 5.82 Å². The van der Waals surface area contributed by atoms with Gasteiger partial charge in [-0.15, -0.1) is 0 Å². The number of anilines is 1. The van der Waals surface area contributed by atoms with Gasteiger partial charge in [0.2, 0.25) is 5.91 Å². The molecule has 3 aromatic rings. The lowest BCUT2D eigenvalue weighted by atomic mass is 10.0. The maximum absolute atomic E-state index is 12.9. The third-order valence-electron chi connectivity index (χ3n) is 3.76. The van der Waals surface area contributed by atoms with E-state index in [1.54, 1.807) is 47.3 Å². The summed E-state index contributed by atoms with van der Waals surface area (Å²) in [5.41, 5.74) is 1.41. The van der Waals surface area contributed by atoms with Crippen LogP contribution in [-0.2, 0) is 17.8 Å². The molecular weight excluding hydrogens is 337 g/mol. The highest BCUT2D eigenvalue weighted by Gasteiger charge is 2.13. The zero-order valence-corrected chi connectivity index (χ0v) is 13.7. The lowest BCUT2D eigenvalue weighted by Gasteiger charge is -2.06. The average Bonchev–Trinajstić information content (AvgIpc) is 3.04. The number of aromatic carboxylic acids is 1. The average molecular weight is 353 g/mol. The van der Waals surface area contributed by atoms with Crippen LogP contribution in [0.4, 0.5) is 10.2 Å². The van der Waals surface area contributed by atoms with E-state index in [4.69, 9.17) is 5.11 Å². The molecule has 6 nitrogen and oxygen atoms in total. The number of halogens is 1. The van der Waals surface area contributed by atoms with Gasteiger partial charge in [0.1, 0.15) is 5.82 Å². The first-order valence-corrected chi connectivity index (χ1v) is 7.90. The molecule has 7 heteroatoms. The highest BCUT2D eigenvalue weighted by atomic mass is 19.1. The first-order valence-electron chi connectivity index (χ1n) is 7.90. The number of carbonyl (C=O) groups excluding carboxylic acids is 1. The zero-order valence-electron chi connectivity index (χ0n) is 13.7. The Hall–Kier alpha value is -3.48. The summed E-state index contributed by atoms with van der Waals surface area (Å²) in [6.45, 7) is 0.442. The quantitative estimate of drug-likeness (QED) is 0.714. The topological polar surface area (TPSA) is 84.2 Å². The van der Waals surface area contributed by atoms with Crippen LogP contribution in [0.25, 0.3) is 0 Å². The lowest BCUT2D eigenvalue weighted by molar-refractivity contribution is -0.115. The molecule has 132 valence electrons. The Labute approximate surface area is 148 Å². The zero-order chi connectivity index (χ0) is 18.5. The monoisotopic (exact) mass is 353 g/mol. The molecule has 26 heavy (non-hydrogen) atoms. The molecular formula is C19H16FN3O3. The SMILES string of the molecule is O=C(Cc1ccccc1C(=O)O)Nc1ccn(Cc2ccc(F)cc2)n1. The predicted molar refractivity (Wildman–Crippen MR) is 93.5 cm³/mol. The summed E-state index contributed by atoms with van der Waals surface area (Å²) in [7, 11) is 0. The summed E-state index contributed by atoms with van der Waals surface area (Å²) < 4.78 is 14.5. The van der Waals surface area contributed by atoms with Gasteiger partial charge < -0.3 is 10.4 Å². The normalized spacial score (nSPS) is 10.5. The van der Waals surface area contributed by atoms with E-state index in [1.165, 1.54) is 18.2 Å². The van der Waals surface area contributed by atoms with Crippen LogP contribution in [0.5, 0.6) is 0 Å². The van der Waals surface area contributed by atoms with Crippen LogP contribution in [0.1, 0.15) is 21.5 Å². The fourth-order valence-electron chi connectivity index (χ4n) is 2.54. The first-order chi connectivity index (χ1) is 12.5. The number of carbonyl (C=O) groups is 2. The first kappa shape index (κ1) is 17.3. The minimum absolute atomic E-state index is 0.0622. The van der Waals surface area contributed by atoms with Gasteiger partial charge in [-0.05, 0) is 29.3 Å². The molecule has 0 unspecified atom stereocenters.